The van der Waals surface area contributed by atoms with Crippen LogP contribution in [0, 0.1) is 0 Å². The number of fused-ring (bicyclic) bond motifs is 2. The Balaban J connectivity index is 0.000000174. The van der Waals surface area contributed by atoms with Crippen LogP contribution in [-0.4, -0.2) is 80.0 Å². The minimum Gasteiger partial charge on any atom is -0.489 e. The molecule has 41 heavy (non-hydrogen) atoms. The van der Waals surface area contributed by atoms with E-state index in [0.29, 0.717) is 41.7 Å². The Morgan fingerprint density at radius 3 is 2.00 bits per heavy atom. The molecule has 220 valence electrons. The average Bonchev–Trinajstić information content (AvgIpc) is 3.60. The predicted octanol–water partition coefficient (Wildman–Crippen LogP) is 3.16. The van der Waals surface area contributed by atoms with Crippen LogP contribution in [0.3, 0.4) is 0 Å². The number of anilines is 2. The van der Waals surface area contributed by atoms with Crippen molar-refractivity contribution in [2.45, 2.75) is 51.4 Å². The summed E-state index contributed by atoms with van der Waals surface area (Å²) in [6.07, 6.45) is 1.54. The van der Waals surface area contributed by atoms with Crippen molar-refractivity contribution in [2.75, 3.05) is 50.0 Å². The Labute approximate surface area is 238 Å². The Hall–Kier alpha value is -4.19. The first kappa shape index (κ1) is 28.3. The van der Waals surface area contributed by atoms with Gasteiger partial charge in [0, 0.05) is 31.6 Å². The SMILES string of the molecule is CC(C)(C)OC(=O)N1CC[C@H](Oc2ccc3c(c2)NC(=O)CO3)C1.O=C1COc2ccc(O[C@H]3CCNC3)cc2N1. The standard InChI is InChI=1S/C17H22N2O5.C12H14N2O3/c1-17(2,3)24-16(21)19-7-6-12(9-19)23-11-4-5-14-13(8-11)18-15(20)10-22-14;15-12-7-16-11-2-1-8(5-10(11)14-12)17-9-3-4-13-6-9/h4-5,8,12H,6-7,9-10H2,1-3H3,(H,18,20);1-2,5,9,13H,3-4,6-7H2,(H,14,15)/t12-;9-/m00/s1. The Kier molecular flexibility index (Phi) is 8.39. The summed E-state index contributed by atoms with van der Waals surface area (Å²) in [4.78, 5) is 36.3. The minimum absolute atomic E-state index is 0.0284. The Morgan fingerprint density at radius 2 is 1.46 bits per heavy atom. The van der Waals surface area contributed by atoms with Crippen molar-refractivity contribution in [3.05, 3.63) is 36.4 Å². The van der Waals surface area contributed by atoms with E-state index < -0.39 is 5.60 Å². The van der Waals surface area contributed by atoms with E-state index in [2.05, 4.69) is 16.0 Å². The molecule has 2 aromatic rings. The smallest absolute Gasteiger partial charge is 0.410 e. The summed E-state index contributed by atoms with van der Waals surface area (Å²) >= 11 is 0. The van der Waals surface area contributed by atoms with Crippen molar-refractivity contribution < 1.29 is 38.1 Å². The largest absolute Gasteiger partial charge is 0.489 e. The van der Waals surface area contributed by atoms with Crippen molar-refractivity contribution in [1.82, 2.24) is 10.2 Å². The number of carbonyl (C=O) groups excluding carboxylic acids is 3. The number of benzene rings is 2. The summed E-state index contributed by atoms with van der Waals surface area (Å²) in [6, 6.07) is 10.8. The number of nitrogens with zero attached hydrogens (tertiary/aromatic N) is 1. The second-order valence-corrected chi connectivity index (χ2v) is 11.2. The van der Waals surface area contributed by atoms with Gasteiger partial charge in [-0.05, 0) is 58.0 Å². The third-order valence-corrected chi connectivity index (χ3v) is 6.59. The lowest BCUT2D eigenvalue weighted by molar-refractivity contribution is -0.119. The summed E-state index contributed by atoms with van der Waals surface area (Å²) in [7, 11) is 0. The first-order chi connectivity index (χ1) is 19.6. The van der Waals surface area contributed by atoms with Gasteiger partial charge in [0.1, 0.15) is 40.8 Å². The maximum Gasteiger partial charge on any atom is 0.410 e. The van der Waals surface area contributed by atoms with Gasteiger partial charge in [-0.1, -0.05) is 0 Å². The van der Waals surface area contributed by atoms with Crippen LogP contribution in [0.5, 0.6) is 23.0 Å². The fourth-order valence-corrected chi connectivity index (χ4v) is 4.70. The molecule has 12 nitrogen and oxygen atoms in total. The van der Waals surface area contributed by atoms with Crippen molar-refractivity contribution >= 4 is 29.3 Å². The Morgan fingerprint density at radius 1 is 0.878 bits per heavy atom. The van der Waals surface area contributed by atoms with Crippen LogP contribution in [-0.2, 0) is 14.3 Å². The van der Waals surface area contributed by atoms with Crippen LogP contribution in [0.15, 0.2) is 36.4 Å². The van der Waals surface area contributed by atoms with Crippen LogP contribution < -0.4 is 34.9 Å². The quantitative estimate of drug-likeness (QED) is 0.508. The number of amides is 3. The second kappa shape index (κ2) is 12.1. The molecule has 0 unspecified atom stereocenters. The van der Waals surface area contributed by atoms with Crippen LogP contribution in [0.4, 0.5) is 16.2 Å². The number of nitrogens with one attached hydrogen (secondary N) is 3. The summed E-state index contributed by atoms with van der Waals surface area (Å²) in [5, 5.41) is 8.76. The third kappa shape index (κ3) is 7.72. The number of carbonyl (C=O) groups is 3. The lowest BCUT2D eigenvalue weighted by Gasteiger charge is -2.24. The summed E-state index contributed by atoms with van der Waals surface area (Å²) in [6.45, 7) is 8.60. The molecule has 0 spiro atoms. The van der Waals surface area contributed by atoms with Crippen LogP contribution in [0.25, 0.3) is 0 Å². The molecule has 3 amide bonds. The van der Waals surface area contributed by atoms with Crippen molar-refractivity contribution in [2.24, 2.45) is 0 Å². The lowest BCUT2D eigenvalue weighted by Crippen LogP contribution is -2.36. The number of ether oxygens (including phenoxy) is 5. The van der Waals surface area contributed by atoms with Gasteiger partial charge >= 0.3 is 6.09 Å². The van der Waals surface area contributed by atoms with Gasteiger partial charge in [0.2, 0.25) is 0 Å². The highest BCUT2D eigenvalue weighted by atomic mass is 16.6. The molecule has 4 heterocycles. The predicted molar refractivity (Wildman–Crippen MR) is 150 cm³/mol. The highest BCUT2D eigenvalue weighted by molar-refractivity contribution is 5.96. The number of hydrogen-bond donors (Lipinski definition) is 3. The highest BCUT2D eigenvalue weighted by Gasteiger charge is 2.31. The van der Waals surface area contributed by atoms with E-state index in [9.17, 15) is 14.4 Å². The molecule has 3 N–H and O–H groups in total. The fourth-order valence-electron chi connectivity index (χ4n) is 4.70. The number of likely N-dealkylation sites (tertiary alicyclic amines) is 1. The van der Waals surface area contributed by atoms with E-state index in [1.54, 1.807) is 23.1 Å². The highest BCUT2D eigenvalue weighted by Crippen LogP contribution is 2.33. The topological polar surface area (TPSA) is 137 Å². The van der Waals surface area contributed by atoms with Crippen molar-refractivity contribution in [3.63, 3.8) is 0 Å². The fraction of sp³-hybridized carbons (Fsp3) is 0.483. The summed E-state index contributed by atoms with van der Waals surface area (Å²) in [5.74, 6) is 2.41. The molecule has 4 aliphatic heterocycles. The van der Waals surface area contributed by atoms with Gasteiger partial charge in [0.25, 0.3) is 11.8 Å². The van der Waals surface area contributed by atoms with E-state index in [1.165, 1.54) is 0 Å². The second-order valence-electron chi connectivity index (χ2n) is 11.2. The molecule has 2 saturated heterocycles. The first-order valence-corrected chi connectivity index (χ1v) is 13.8. The molecular formula is C29H36N4O8. The van der Waals surface area contributed by atoms with Crippen LogP contribution in [0.1, 0.15) is 33.6 Å². The van der Waals surface area contributed by atoms with E-state index in [-0.39, 0.29) is 43.3 Å². The zero-order valence-electron chi connectivity index (χ0n) is 23.5. The van der Waals surface area contributed by atoms with Gasteiger partial charge in [-0.25, -0.2) is 4.79 Å². The molecule has 6 rings (SSSR count). The normalized spacial score (nSPS) is 21.1. The molecule has 0 bridgehead atoms. The lowest BCUT2D eigenvalue weighted by atomic mass is 10.2. The summed E-state index contributed by atoms with van der Waals surface area (Å²) in [5.41, 5.74) is 0.780. The maximum absolute atomic E-state index is 12.1. The van der Waals surface area contributed by atoms with Gasteiger partial charge in [-0.2, -0.15) is 0 Å². The van der Waals surface area contributed by atoms with Gasteiger partial charge in [-0.3, -0.25) is 9.59 Å². The average molecular weight is 569 g/mol. The monoisotopic (exact) mass is 568 g/mol. The molecule has 4 aliphatic rings. The van der Waals surface area contributed by atoms with Gasteiger partial charge < -0.3 is 44.5 Å². The van der Waals surface area contributed by atoms with E-state index in [1.807, 2.05) is 39.0 Å². The van der Waals surface area contributed by atoms with Gasteiger partial charge in [-0.15, -0.1) is 0 Å². The number of rotatable bonds is 4. The van der Waals surface area contributed by atoms with Crippen molar-refractivity contribution in [1.29, 1.82) is 0 Å². The zero-order chi connectivity index (χ0) is 29.0. The molecule has 2 fully saturated rings. The first-order valence-electron chi connectivity index (χ1n) is 13.8. The van der Waals surface area contributed by atoms with Gasteiger partial charge in [0.05, 0.1) is 17.9 Å². The van der Waals surface area contributed by atoms with Crippen LogP contribution >= 0.6 is 0 Å². The Bertz CT molecular complexity index is 1290. The molecule has 0 aliphatic carbocycles. The molecule has 0 aromatic heterocycles. The van der Waals surface area contributed by atoms with Crippen LogP contribution in [0.2, 0.25) is 0 Å². The molecular weight excluding hydrogens is 532 g/mol. The number of hydrogen-bond acceptors (Lipinski definition) is 9. The maximum atomic E-state index is 12.1. The van der Waals surface area contributed by atoms with E-state index in [0.717, 1.165) is 31.7 Å². The van der Waals surface area contributed by atoms with E-state index >= 15 is 0 Å². The molecule has 2 aromatic carbocycles. The zero-order valence-corrected chi connectivity index (χ0v) is 23.5. The molecule has 0 saturated carbocycles. The molecule has 2 atom stereocenters. The minimum atomic E-state index is -0.507. The van der Waals surface area contributed by atoms with E-state index in [4.69, 9.17) is 23.7 Å². The molecule has 0 radical (unpaired) electrons. The summed E-state index contributed by atoms with van der Waals surface area (Å²) < 4.78 is 27.7. The van der Waals surface area contributed by atoms with Crippen molar-refractivity contribution in [3.8, 4) is 23.0 Å². The molecule has 12 heteroatoms. The third-order valence-electron chi connectivity index (χ3n) is 6.59. The van der Waals surface area contributed by atoms with Gasteiger partial charge in [0.15, 0.2) is 13.2 Å².